The predicted molar refractivity (Wildman–Crippen MR) is 62.0 cm³/mol. The van der Waals surface area contributed by atoms with Crippen molar-refractivity contribution in [2.75, 3.05) is 13.1 Å². The van der Waals surface area contributed by atoms with Gasteiger partial charge in [0.05, 0.1) is 6.54 Å². The minimum atomic E-state index is 0.748. The van der Waals surface area contributed by atoms with E-state index in [-0.39, 0.29) is 0 Å². The molecule has 0 aromatic carbocycles. The Bertz CT molecular complexity index is 320. The molecule has 0 aliphatic heterocycles. The third-order valence-corrected chi connectivity index (χ3v) is 2.92. The van der Waals surface area contributed by atoms with Gasteiger partial charge in [0.15, 0.2) is 0 Å². The van der Waals surface area contributed by atoms with Crippen molar-refractivity contribution in [1.82, 2.24) is 15.1 Å². The van der Waals surface area contributed by atoms with E-state index >= 15 is 0 Å². The Labute approximate surface area is 97.0 Å². The van der Waals surface area contributed by atoms with Gasteiger partial charge in [-0.1, -0.05) is 13.8 Å². The fourth-order valence-corrected chi connectivity index (χ4v) is 1.90. The Morgan fingerprint density at radius 2 is 2.00 bits per heavy atom. The number of hydrogen-bond acceptors (Lipinski definition) is 4. The third kappa shape index (κ3) is 3.30. The van der Waals surface area contributed by atoms with Crippen LogP contribution < -0.4 is 0 Å². The van der Waals surface area contributed by atoms with E-state index in [0.29, 0.717) is 0 Å². The van der Waals surface area contributed by atoms with E-state index in [1.54, 1.807) is 0 Å². The van der Waals surface area contributed by atoms with Gasteiger partial charge >= 0.3 is 0 Å². The van der Waals surface area contributed by atoms with Crippen LogP contribution in [0.4, 0.5) is 0 Å². The van der Waals surface area contributed by atoms with Crippen molar-refractivity contribution >= 4 is 0 Å². The number of rotatable bonds is 7. The Morgan fingerprint density at radius 1 is 1.25 bits per heavy atom. The second-order valence-electron chi connectivity index (χ2n) is 4.62. The molecule has 1 fully saturated rings. The van der Waals surface area contributed by atoms with Gasteiger partial charge in [0.2, 0.25) is 11.8 Å². The molecule has 16 heavy (non-hydrogen) atoms. The summed E-state index contributed by atoms with van der Waals surface area (Å²) in [7, 11) is 0. The van der Waals surface area contributed by atoms with Gasteiger partial charge in [-0.15, -0.1) is 10.2 Å². The van der Waals surface area contributed by atoms with Crippen LogP contribution in [0.2, 0.25) is 0 Å². The molecule has 1 heterocycles. The summed E-state index contributed by atoms with van der Waals surface area (Å²) >= 11 is 0. The number of nitrogens with zero attached hydrogens (tertiary/aromatic N) is 3. The Morgan fingerprint density at radius 3 is 2.56 bits per heavy atom. The SMILES string of the molecule is CCCN(Cc1nnc(CC)o1)CC1CC1. The van der Waals surface area contributed by atoms with Crippen molar-refractivity contribution < 1.29 is 4.42 Å². The van der Waals surface area contributed by atoms with Crippen molar-refractivity contribution in [3.63, 3.8) is 0 Å². The van der Waals surface area contributed by atoms with Gasteiger partial charge in [-0.05, 0) is 31.7 Å². The lowest BCUT2D eigenvalue weighted by molar-refractivity contribution is 0.228. The molecule has 90 valence electrons. The van der Waals surface area contributed by atoms with Crippen LogP contribution in [-0.4, -0.2) is 28.2 Å². The molecule has 0 N–H and O–H groups in total. The molecule has 1 aromatic rings. The summed E-state index contributed by atoms with van der Waals surface area (Å²) in [6.07, 6.45) is 4.79. The molecule has 2 rings (SSSR count). The zero-order valence-electron chi connectivity index (χ0n) is 10.3. The monoisotopic (exact) mass is 223 g/mol. The first-order valence-corrected chi connectivity index (χ1v) is 6.35. The molecule has 4 nitrogen and oxygen atoms in total. The van der Waals surface area contributed by atoms with Gasteiger partial charge in [0.25, 0.3) is 0 Å². The standard InChI is InChI=1S/C12H21N3O/c1-3-7-15(8-10-5-6-10)9-12-14-13-11(4-2)16-12/h10H,3-9H2,1-2H3. The van der Waals surface area contributed by atoms with Gasteiger partial charge < -0.3 is 4.42 Å². The Hall–Kier alpha value is -0.900. The van der Waals surface area contributed by atoms with E-state index in [2.05, 4.69) is 22.0 Å². The average Bonchev–Trinajstić information content (AvgIpc) is 2.96. The first-order valence-electron chi connectivity index (χ1n) is 6.35. The maximum atomic E-state index is 5.55. The fraction of sp³-hybridized carbons (Fsp3) is 0.833. The molecule has 0 amide bonds. The lowest BCUT2D eigenvalue weighted by atomic mass is 10.3. The van der Waals surface area contributed by atoms with Crippen LogP contribution in [0.1, 0.15) is 44.9 Å². The molecule has 0 spiro atoms. The normalized spacial score (nSPS) is 15.9. The number of aryl methyl sites for hydroxylation is 1. The minimum absolute atomic E-state index is 0.748. The van der Waals surface area contributed by atoms with Crippen LogP contribution in [0, 0.1) is 5.92 Å². The van der Waals surface area contributed by atoms with E-state index in [9.17, 15) is 0 Å². The van der Waals surface area contributed by atoms with Crippen LogP contribution in [0.5, 0.6) is 0 Å². The van der Waals surface area contributed by atoms with Crippen molar-refractivity contribution in [3.05, 3.63) is 11.8 Å². The summed E-state index contributed by atoms with van der Waals surface area (Å²) in [6.45, 7) is 7.38. The highest BCUT2D eigenvalue weighted by molar-refractivity contribution is 4.84. The zero-order chi connectivity index (χ0) is 11.4. The highest BCUT2D eigenvalue weighted by Crippen LogP contribution is 2.30. The van der Waals surface area contributed by atoms with Crippen LogP contribution in [0.3, 0.4) is 0 Å². The first-order chi connectivity index (χ1) is 7.81. The van der Waals surface area contributed by atoms with Crippen LogP contribution in [0.15, 0.2) is 4.42 Å². The summed E-state index contributed by atoms with van der Waals surface area (Å²) < 4.78 is 5.55. The molecule has 0 atom stereocenters. The zero-order valence-corrected chi connectivity index (χ0v) is 10.3. The quantitative estimate of drug-likeness (QED) is 0.711. The number of aromatic nitrogens is 2. The van der Waals surface area contributed by atoms with E-state index < -0.39 is 0 Å². The molecule has 0 unspecified atom stereocenters. The van der Waals surface area contributed by atoms with E-state index in [1.165, 1.54) is 25.8 Å². The van der Waals surface area contributed by atoms with Gasteiger partial charge in [0, 0.05) is 13.0 Å². The van der Waals surface area contributed by atoms with Gasteiger partial charge in [-0.2, -0.15) is 0 Å². The first kappa shape index (κ1) is 11.6. The lowest BCUT2D eigenvalue weighted by Gasteiger charge is -2.19. The Kier molecular flexibility index (Phi) is 3.93. The molecule has 1 saturated carbocycles. The maximum absolute atomic E-state index is 5.55. The van der Waals surface area contributed by atoms with E-state index in [4.69, 9.17) is 4.42 Å². The van der Waals surface area contributed by atoms with Crippen molar-refractivity contribution in [1.29, 1.82) is 0 Å². The molecule has 1 aliphatic rings. The molecule has 4 heteroatoms. The molecular weight excluding hydrogens is 202 g/mol. The largest absolute Gasteiger partial charge is 0.424 e. The summed E-state index contributed by atoms with van der Waals surface area (Å²) in [5.74, 6) is 2.43. The lowest BCUT2D eigenvalue weighted by Crippen LogP contribution is -2.26. The smallest absolute Gasteiger partial charge is 0.230 e. The Balaban J connectivity index is 1.87. The van der Waals surface area contributed by atoms with Crippen molar-refractivity contribution in [2.24, 2.45) is 5.92 Å². The summed E-state index contributed by atoms with van der Waals surface area (Å²) in [4.78, 5) is 2.44. The third-order valence-electron chi connectivity index (χ3n) is 2.92. The van der Waals surface area contributed by atoms with E-state index in [1.807, 2.05) is 6.92 Å². The second-order valence-corrected chi connectivity index (χ2v) is 4.62. The van der Waals surface area contributed by atoms with Gasteiger partial charge in [0.1, 0.15) is 0 Å². The van der Waals surface area contributed by atoms with Crippen molar-refractivity contribution in [2.45, 2.75) is 46.1 Å². The van der Waals surface area contributed by atoms with Crippen LogP contribution >= 0.6 is 0 Å². The average molecular weight is 223 g/mol. The summed E-state index contributed by atoms with van der Waals surface area (Å²) in [5, 5.41) is 8.08. The molecule has 0 saturated heterocycles. The van der Waals surface area contributed by atoms with Crippen molar-refractivity contribution in [3.8, 4) is 0 Å². The summed E-state index contributed by atoms with van der Waals surface area (Å²) in [6, 6.07) is 0. The predicted octanol–water partition coefficient (Wildman–Crippen LogP) is 2.25. The van der Waals surface area contributed by atoms with Crippen LogP contribution in [0.25, 0.3) is 0 Å². The van der Waals surface area contributed by atoms with E-state index in [0.717, 1.165) is 37.2 Å². The summed E-state index contributed by atoms with van der Waals surface area (Å²) in [5.41, 5.74) is 0. The van der Waals surface area contributed by atoms with Gasteiger partial charge in [-0.3, -0.25) is 4.90 Å². The topological polar surface area (TPSA) is 42.2 Å². The maximum Gasteiger partial charge on any atom is 0.230 e. The van der Waals surface area contributed by atoms with Gasteiger partial charge in [-0.25, -0.2) is 0 Å². The van der Waals surface area contributed by atoms with Crippen LogP contribution in [-0.2, 0) is 13.0 Å². The molecule has 0 bridgehead atoms. The fourth-order valence-electron chi connectivity index (χ4n) is 1.90. The number of hydrogen-bond donors (Lipinski definition) is 0. The molecular formula is C12H21N3O. The molecule has 1 aliphatic carbocycles. The molecule has 0 radical (unpaired) electrons. The highest BCUT2D eigenvalue weighted by atomic mass is 16.4. The minimum Gasteiger partial charge on any atom is -0.424 e. The second kappa shape index (κ2) is 5.43. The molecule has 1 aromatic heterocycles. The highest BCUT2D eigenvalue weighted by Gasteiger charge is 2.24.